The van der Waals surface area contributed by atoms with Crippen LogP contribution in [0.1, 0.15) is 18.4 Å². The second-order valence-corrected chi connectivity index (χ2v) is 4.89. The maximum absolute atomic E-state index is 11.8. The van der Waals surface area contributed by atoms with Crippen LogP contribution < -0.4 is 5.32 Å². The van der Waals surface area contributed by atoms with Gasteiger partial charge in [-0.25, -0.2) is 0 Å². The van der Waals surface area contributed by atoms with Crippen molar-refractivity contribution < 1.29 is 9.21 Å². The second-order valence-electron chi connectivity index (χ2n) is 3.97. The molecule has 0 spiro atoms. The summed E-state index contributed by atoms with van der Waals surface area (Å²) < 4.78 is 5.32. The molecule has 1 aromatic heterocycles. The monoisotopic (exact) mass is 277 g/mol. The van der Waals surface area contributed by atoms with Crippen LogP contribution in [-0.2, 0) is 11.2 Å². The second kappa shape index (κ2) is 6.38. The van der Waals surface area contributed by atoms with Crippen LogP contribution in [0.5, 0.6) is 0 Å². The van der Waals surface area contributed by atoms with Gasteiger partial charge in [0.1, 0.15) is 0 Å². The van der Waals surface area contributed by atoms with E-state index >= 15 is 0 Å². The zero-order valence-corrected chi connectivity index (χ0v) is 11.7. The molecule has 0 saturated heterocycles. The van der Waals surface area contributed by atoms with Crippen LogP contribution >= 0.6 is 11.8 Å². The number of thioether (sulfide) groups is 1. The number of anilines is 1. The molecule has 1 N–H and O–H groups in total. The van der Waals surface area contributed by atoms with Crippen molar-refractivity contribution in [1.29, 1.82) is 0 Å². The van der Waals surface area contributed by atoms with Crippen molar-refractivity contribution in [3.63, 3.8) is 0 Å². The summed E-state index contributed by atoms with van der Waals surface area (Å²) in [5.74, 6) is 0.747. The number of amides is 1. The van der Waals surface area contributed by atoms with Gasteiger partial charge in [-0.05, 0) is 18.6 Å². The molecule has 0 aliphatic carbocycles. The fourth-order valence-corrected chi connectivity index (χ4v) is 2.05. The maximum atomic E-state index is 11.8. The molecule has 1 aromatic carbocycles. The minimum Gasteiger partial charge on any atom is -0.416 e. The number of nitrogens with one attached hydrogen (secondary N) is 1. The number of para-hydroxylation sites is 1. The third-order valence-electron chi connectivity index (χ3n) is 2.50. The summed E-state index contributed by atoms with van der Waals surface area (Å²) in [7, 11) is 0. The molecule has 0 unspecified atom stereocenters. The molecule has 0 atom stereocenters. The number of carbonyl (C=O) groups is 1. The predicted molar refractivity (Wildman–Crippen MR) is 74.2 cm³/mol. The number of benzene rings is 1. The lowest BCUT2D eigenvalue weighted by Gasteiger charge is -2.06. The molecule has 5 nitrogen and oxygen atoms in total. The number of rotatable bonds is 5. The van der Waals surface area contributed by atoms with E-state index in [1.54, 1.807) is 0 Å². The molecule has 2 rings (SSSR count). The molecule has 1 amide bonds. The highest BCUT2D eigenvalue weighted by molar-refractivity contribution is 7.99. The number of nitrogens with zero attached hydrogens (tertiary/aromatic N) is 2. The van der Waals surface area contributed by atoms with Crippen LogP contribution in [0.25, 0.3) is 0 Å². The molecule has 0 aliphatic rings. The van der Waals surface area contributed by atoms with Crippen LogP contribution in [0.15, 0.2) is 33.9 Å². The summed E-state index contributed by atoms with van der Waals surface area (Å²) >= 11 is 1.24. The topological polar surface area (TPSA) is 68.0 Å². The molecule has 0 aliphatic heterocycles. The van der Waals surface area contributed by atoms with Gasteiger partial charge >= 0.3 is 0 Å². The lowest BCUT2D eigenvalue weighted by atomic mass is 10.2. The first-order valence-corrected chi connectivity index (χ1v) is 6.98. The third kappa shape index (κ3) is 3.82. The van der Waals surface area contributed by atoms with Crippen LogP contribution in [0.3, 0.4) is 0 Å². The standard InChI is InChI=1S/C13H15N3O2S/c1-3-12-15-16-13(18-12)19-8-11(17)14-10-7-5-4-6-9(10)2/h4-7H,3,8H2,1-2H3,(H,14,17). The fraction of sp³-hybridized carbons (Fsp3) is 0.308. The number of aryl methyl sites for hydroxylation is 2. The molecule has 0 radical (unpaired) electrons. The summed E-state index contributed by atoms with van der Waals surface area (Å²) in [6.45, 7) is 3.89. The Bertz CT molecular complexity index is 569. The first-order chi connectivity index (χ1) is 9.19. The summed E-state index contributed by atoms with van der Waals surface area (Å²) in [4.78, 5) is 11.8. The van der Waals surface area contributed by atoms with Crippen molar-refractivity contribution in [2.45, 2.75) is 25.5 Å². The largest absolute Gasteiger partial charge is 0.416 e. The summed E-state index contributed by atoms with van der Waals surface area (Å²) in [6, 6.07) is 7.65. The van der Waals surface area contributed by atoms with E-state index < -0.39 is 0 Å². The first kappa shape index (κ1) is 13.6. The SMILES string of the molecule is CCc1nnc(SCC(=O)Nc2ccccc2C)o1. The molecular formula is C13H15N3O2S. The van der Waals surface area contributed by atoms with Gasteiger partial charge in [0.2, 0.25) is 11.8 Å². The van der Waals surface area contributed by atoms with E-state index in [1.165, 1.54) is 11.8 Å². The summed E-state index contributed by atoms with van der Waals surface area (Å²) in [5.41, 5.74) is 1.86. The zero-order chi connectivity index (χ0) is 13.7. The van der Waals surface area contributed by atoms with Crippen molar-refractivity contribution in [2.24, 2.45) is 0 Å². The summed E-state index contributed by atoms with van der Waals surface area (Å²) in [6.07, 6.45) is 0.697. The zero-order valence-electron chi connectivity index (χ0n) is 10.8. The van der Waals surface area contributed by atoms with Crippen molar-refractivity contribution in [3.05, 3.63) is 35.7 Å². The Morgan fingerprint density at radius 3 is 2.84 bits per heavy atom. The molecule has 19 heavy (non-hydrogen) atoms. The van der Waals surface area contributed by atoms with Crippen molar-refractivity contribution in [1.82, 2.24) is 10.2 Å². The Kier molecular flexibility index (Phi) is 4.57. The molecule has 0 fully saturated rings. The molecule has 6 heteroatoms. The lowest BCUT2D eigenvalue weighted by molar-refractivity contribution is -0.113. The third-order valence-corrected chi connectivity index (χ3v) is 3.32. The van der Waals surface area contributed by atoms with Crippen LogP contribution in [0.4, 0.5) is 5.69 Å². The summed E-state index contributed by atoms with van der Waals surface area (Å²) in [5, 5.41) is 11.0. The Labute approximate surface area is 115 Å². The smallest absolute Gasteiger partial charge is 0.277 e. The van der Waals surface area contributed by atoms with E-state index in [0.29, 0.717) is 17.5 Å². The molecular weight excluding hydrogens is 262 g/mol. The lowest BCUT2D eigenvalue weighted by Crippen LogP contribution is -2.14. The first-order valence-electron chi connectivity index (χ1n) is 5.99. The van der Waals surface area contributed by atoms with Gasteiger partial charge in [-0.3, -0.25) is 4.79 Å². The van der Waals surface area contributed by atoms with E-state index in [4.69, 9.17) is 4.42 Å². The van der Waals surface area contributed by atoms with Gasteiger partial charge in [0.15, 0.2) is 0 Å². The molecule has 100 valence electrons. The number of carbonyl (C=O) groups excluding carboxylic acids is 1. The van der Waals surface area contributed by atoms with Crippen molar-refractivity contribution >= 4 is 23.4 Å². The fourth-order valence-electron chi connectivity index (χ4n) is 1.47. The Balaban J connectivity index is 1.86. The van der Waals surface area contributed by atoms with Gasteiger partial charge in [0.25, 0.3) is 5.22 Å². The average molecular weight is 277 g/mol. The van der Waals surface area contributed by atoms with E-state index in [1.807, 2.05) is 38.1 Å². The average Bonchev–Trinajstić information content (AvgIpc) is 2.87. The normalized spacial score (nSPS) is 10.4. The van der Waals surface area contributed by atoms with Crippen molar-refractivity contribution in [2.75, 3.05) is 11.1 Å². The number of hydrogen-bond donors (Lipinski definition) is 1. The van der Waals surface area contributed by atoms with Gasteiger partial charge in [0, 0.05) is 12.1 Å². The van der Waals surface area contributed by atoms with Gasteiger partial charge in [0.05, 0.1) is 5.75 Å². The maximum Gasteiger partial charge on any atom is 0.277 e. The molecule has 0 bridgehead atoms. The molecule has 0 saturated carbocycles. The van der Waals surface area contributed by atoms with Gasteiger partial charge in [-0.1, -0.05) is 36.9 Å². The van der Waals surface area contributed by atoms with E-state index in [9.17, 15) is 4.79 Å². The van der Waals surface area contributed by atoms with Crippen LogP contribution in [0.2, 0.25) is 0 Å². The van der Waals surface area contributed by atoms with Crippen LogP contribution in [-0.4, -0.2) is 21.9 Å². The highest BCUT2D eigenvalue weighted by Gasteiger charge is 2.09. The number of aromatic nitrogens is 2. The Hall–Kier alpha value is -1.82. The molecule has 1 heterocycles. The van der Waals surface area contributed by atoms with E-state index in [2.05, 4.69) is 15.5 Å². The van der Waals surface area contributed by atoms with Crippen molar-refractivity contribution in [3.8, 4) is 0 Å². The molecule has 2 aromatic rings. The minimum absolute atomic E-state index is 0.0875. The van der Waals surface area contributed by atoms with E-state index in [-0.39, 0.29) is 11.7 Å². The minimum atomic E-state index is -0.0875. The highest BCUT2D eigenvalue weighted by atomic mass is 32.2. The highest BCUT2D eigenvalue weighted by Crippen LogP contribution is 2.18. The Morgan fingerprint density at radius 2 is 2.16 bits per heavy atom. The van der Waals surface area contributed by atoms with Crippen LogP contribution in [0, 0.1) is 6.92 Å². The number of hydrogen-bond acceptors (Lipinski definition) is 5. The van der Waals surface area contributed by atoms with Gasteiger partial charge < -0.3 is 9.73 Å². The van der Waals surface area contributed by atoms with Gasteiger partial charge in [-0.15, -0.1) is 10.2 Å². The van der Waals surface area contributed by atoms with E-state index in [0.717, 1.165) is 11.3 Å². The van der Waals surface area contributed by atoms with Gasteiger partial charge in [-0.2, -0.15) is 0 Å². The Morgan fingerprint density at radius 1 is 1.37 bits per heavy atom. The quantitative estimate of drug-likeness (QED) is 0.851. The predicted octanol–water partition coefficient (Wildman–Crippen LogP) is 2.67.